The van der Waals surface area contributed by atoms with Crippen LogP contribution in [0.3, 0.4) is 0 Å². The summed E-state index contributed by atoms with van der Waals surface area (Å²) in [5.41, 5.74) is 2.05. The molecule has 0 aromatic heterocycles. The van der Waals surface area contributed by atoms with E-state index in [-0.39, 0.29) is 109 Å². The second-order valence-electron chi connectivity index (χ2n) is 26.9. The van der Waals surface area contributed by atoms with Gasteiger partial charge in [-0.3, -0.25) is 33.6 Å². The van der Waals surface area contributed by atoms with Gasteiger partial charge in [-0.1, -0.05) is 197 Å². The fraction of sp³-hybridized carbons (Fsp3) is 0.323. The Hall–Kier alpha value is -10.9. The lowest BCUT2D eigenvalue weighted by Crippen LogP contribution is -2.44. The third kappa shape index (κ3) is 50.3. The standard InChI is InChI=1S/2C18H18FNO3S.C17H17NO3S.C16H21NO5S.C14H21NOS.C13H19NO2S/c1-23-18(22)16(11-13-6-5-7-14(19)10-13)20-17(21)12-24-15-8-3-2-4-9-15;1-23-18(22)16(11-13-7-9-14(19)10-8-13)20-17(21)12-24-15-5-3-2-4-6-15;1-21-17(20)16(13-8-4-2-5-9-13)18-15(19)12-22-14-10-6-3-7-11-14;1-3-21-15(19)10-13(16(20)22-4-2)17-14(18)11-23-12-8-6-5-7-9-12;1-2-3-4-8-11-15-14(16)12-17-13-9-6-5-7-10-13;1-3-11(9-16-2)14-13(15)10-17-12-7-5-4-6-8-12/h2*2-10,16H,11-12H2,1H3,(H,20,21);2-11,16H,12H2,1H3,(H,18,19);5-9,13H,3-4,10-11H2,1-2H3,(H,17,18);5-7,9-10H,2-4,8,11-12H2,1H3,(H,15,16);4-8,11H,3,9-10H2,1-2H3,(H,14,15)/t;;16-;;;/m..0.../s1. The maximum atomic E-state index is 13.3. The van der Waals surface area contributed by atoms with E-state index in [2.05, 4.69) is 38.8 Å². The van der Waals surface area contributed by atoms with Gasteiger partial charge in [-0.2, -0.15) is 0 Å². The topological polar surface area (TPSA) is 315 Å². The Kier molecular flexibility index (Phi) is 57.5. The van der Waals surface area contributed by atoms with Crippen molar-refractivity contribution in [1.29, 1.82) is 0 Å². The van der Waals surface area contributed by atoms with Crippen LogP contribution in [0.2, 0.25) is 0 Å². The highest BCUT2D eigenvalue weighted by molar-refractivity contribution is 8.01. The Morgan fingerprint density at radius 2 is 0.701 bits per heavy atom. The van der Waals surface area contributed by atoms with E-state index in [1.54, 1.807) is 80.9 Å². The molecule has 0 aliphatic carbocycles. The number of benzene rings is 9. The zero-order valence-electron chi connectivity index (χ0n) is 72.6. The van der Waals surface area contributed by atoms with Crippen molar-refractivity contribution in [2.75, 3.05) is 89.3 Å². The largest absolute Gasteiger partial charge is 0.467 e. The van der Waals surface area contributed by atoms with Crippen LogP contribution in [-0.4, -0.2) is 179 Å². The number of halogens is 2. The van der Waals surface area contributed by atoms with Gasteiger partial charge in [0.15, 0.2) is 6.04 Å². The van der Waals surface area contributed by atoms with E-state index in [0.717, 1.165) is 54.3 Å². The van der Waals surface area contributed by atoms with Gasteiger partial charge in [0.1, 0.15) is 29.8 Å². The first-order valence-corrected chi connectivity index (χ1v) is 46.8. The van der Waals surface area contributed by atoms with Crippen molar-refractivity contribution in [2.45, 2.75) is 139 Å². The number of ether oxygens (including phenoxy) is 6. The van der Waals surface area contributed by atoms with E-state index in [1.165, 1.54) is 112 Å². The highest BCUT2D eigenvalue weighted by atomic mass is 32.2. The lowest BCUT2D eigenvalue weighted by Gasteiger charge is -2.16. The average molecular weight is 1850 g/mol. The van der Waals surface area contributed by atoms with Gasteiger partial charge in [0, 0.05) is 55.9 Å². The smallest absolute Gasteiger partial charge is 0.333 e. The minimum absolute atomic E-state index is 0.0581. The molecule has 9 aromatic rings. The summed E-state index contributed by atoms with van der Waals surface area (Å²) in [5.74, 6) is -2.70. The number of hydrogen-bond acceptors (Lipinski definition) is 23. The molecule has 0 aliphatic rings. The molecule has 31 heteroatoms. The summed E-state index contributed by atoms with van der Waals surface area (Å²) >= 11 is 8.66. The summed E-state index contributed by atoms with van der Waals surface area (Å²) in [5, 5.41) is 16.5. The van der Waals surface area contributed by atoms with Crippen LogP contribution < -0.4 is 31.9 Å². The first-order valence-electron chi connectivity index (χ1n) is 40.9. The van der Waals surface area contributed by atoms with Crippen molar-refractivity contribution < 1.29 is 89.9 Å². The molecule has 127 heavy (non-hydrogen) atoms. The molecular formula is C96H114F2N6O17S6. The molecular weight excluding hydrogens is 1740 g/mol. The molecule has 0 saturated heterocycles. The third-order valence-electron chi connectivity index (χ3n) is 17.0. The molecule has 5 atom stereocenters. The summed E-state index contributed by atoms with van der Waals surface area (Å²) in [6.07, 6.45) is 5.86. The monoisotopic (exact) mass is 1850 g/mol. The number of hydrogen-bond donors (Lipinski definition) is 6. The summed E-state index contributed by atoms with van der Waals surface area (Å²) in [7, 11) is 5.48. The van der Waals surface area contributed by atoms with E-state index in [9.17, 15) is 61.5 Å². The van der Waals surface area contributed by atoms with Crippen molar-refractivity contribution in [2.24, 2.45) is 0 Å². The number of carbonyl (C=O) groups excluding carboxylic acids is 11. The van der Waals surface area contributed by atoms with Crippen LogP contribution in [0.5, 0.6) is 0 Å². The molecule has 4 unspecified atom stereocenters. The van der Waals surface area contributed by atoms with Crippen LogP contribution in [0.4, 0.5) is 8.78 Å². The van der Waals surface area contributed by atoms with Crippen molar-refractivity contribution in [1.82, 2.24) is 31.9 Å². The minimum atomic E-state index is -1.03. The number of amides is 6. The maximum Gasteiger partial charge on any atom is 0.333 e. The normalized spacial score (nSPS) is 11.4. The van der Waals surface area contributed by atoms with E-state index in [0.29, 0.717) is 29.2 Å². The first kappa shape index (κ1) is 108. The predicted molar refractivity (Wildman–Crippen MR) is 502 cm³/mol. The molecule has 0 heterocycles. The second kappa shape index (κ2) is 67.4. The van der Waals surface area contributed by atoms with Crippen LogP contribution >= 0.6 is 70.6 Å². The number of nitrogens with one attached hydrogen (secondary N) is 6. The van der Waals surface area contributed by atoms with Crippen molar-refractivity contribution in [3.05, 3.63) is 289 Å². The SMILES string of the molecule is CCC(COC)NC(=O)CSc1ccccc1.CCCCCCNC(=O)CSc1ccccc1.CCOC(=O)CC(NC(=O)CSc1ccccc1)C(=O)OCC.COC(=O)C(Cc1ccc(F)cc1)NC(=O)CSc1ccccc1.COC(=O)C(Cc1cccc(F)c1)NC(=O)CSc1ccccc1.COC(=O)[C@@H](NC(=O)CSc1ccccc1)c1ccccc1. The number of methoxy groups -OCH3 is 4. The number of unbranched alkanes of at least 4 members (excludes halogenated alkanes) is 3. The Bertz CT molecular complexity index is 4640. The average Bonchev–Trinajstić information content (AvgIpc) is 0.865. The fourth-order valence-corrected chi connectivity index (χ4v) is 15.2. The van der Waals surface area contributed by atoms with E-state index in [4.69, 9.17) is 28.4 Å². The highest BCUT2D eigenvalue weighted by Gasteiger charge is 2.28. The number of rotatable bonds is 44. The number of thioether (sulfide) groups is 6. The van der Waals surface area contributed by atoms with Crippen molar-refractivity contribution >= 4 is 136 Å². The first-order chi connectivity index (χ1) is 61.5. The van der Waals surface area contributed by atoms with Gasteiger partial charge in [-0.25, -0.2) is 28.0 Å². The van der Waals surface area contributed by atoms with Gasteiger partial charge < -0.3 is 60.3 Å². The fourth-order valence-electron chi connectivity index (χ4n) is 10.8. The quantitative estimate of drug-likeness (QED) is 0.00894. The van der Waals surface area contributed by atoms with Gasteiger partial charge in [0.25, 0.3) is 0 Å². The van der Waals surface area contributed by atoms with E-state index < -0.39 is 54.0 Å². The molecule has 0 radical (unpaired) electrons. The van der Waals surface area contributed by atoms with E-state index >= 15 is 0 Å². The summed E-state index contributed by atoms with van der Waals surface area (Å²) in [6, 6.07) is 75.4. The molecule has 6 N–H and O–H groups in total. The van der Waals surface area contributed by atoms with Gasteiger partial charge in [0.05, 0.1) is 88.1 Å². The Balaban J connectivity index is 0.000000321. The maximum absolute atomic E-state index is 13.3. The molecule has 6 amide bonds. The Morgan fingerprint density at radius 3 is 1.06 bits per heavy atom. The minimum Gasteiger partial charge on any atom is -0.467 e. The van der Waals surface area contributed by atoms with Gasteiger partial charge >= 0.3 is 29.8 Å². The summed E-state index contributed by atoms with van der Waals surface area (Å²) in [4.78, 5) is 137. The highest BCUT2D eigenvalue weighted by Crippen LogP contribution is 2.23. The van der Waals surface area contributed by atoms with Crippen molar-refractivity contribution in [3.8, 4) is 0 Å². The third-order valence-corrected chi connectivity index (χ3v) is 23.1. The zero-order chi connectivity index (χ0) is 92.4. The molecule has 0 fully saturated rings. The summed E-state index contributed by atoms with van der Waals surface area (Å²) in [6.45, 7) is 9.33. The van der Waals surface area contributed by atoms with Crippen LogP contribution in [0.15, 0.2) is 290 Å². The van der Waals surface area contributed by atoms with Gasteiger partial charge in [0.2, 0.25) is 35.4 Å². The predicted octanol–water partition coefficient (Wildman–Crippen LogP) is 16.0. The molecule has 9 rings (SSSR count). The molecule has 23 nitrogen and oxygen atoms in total. The Morgan fingerprint density at radius 1 is 0.339 bits per heavy atom. The molecule has 680 valence electrons. The summed E-state index contributed by atoms with van der Waals surface area (Å²) < 4.78 is 55.2. The van der Waals surface area contributed by atoms with Crippen molar-refractivity contribution in [3.63, 3.8) is 0 Å². The number of carbonyl (C=O) groups is 11. The van der Waals surface area contributed by atoms with E-state index in [1.807, 2.05) is 207 Å². The van der Waals surface area contributed by atoms with Crippen LogP contribution in [0, 0.1) is 11.6 Å². The van der Waals surface area contributed by atoms with Crippen LogP contribution in [0.1, 0.15) is 89.0 Å². The molecule has 0 aliphatic heterocycles. The Labute approximate surface area is 769 Å². The molecule has 0 bridgehead atoms. The lowest BCUT2D eigenvalue weighted by atomic mass is 10.1. The van der Waals surface area contributed by atoms with Crippen LogP contribution in [0.25, 0.3) is 0 Å². The molecule has 0 saturated carbocycles. The van der Waals surface area contributed by atoms with Gasteiger partial charge in [-0.15, -0.1) is 70.6 Å². The van der Waals surface area contributed by atoms with Crippen LogP contribution in [-0.2, 0) is 94.0 Å². The number of esters is 5. The second-order valence-corrected chi connectivity index (χ2v) is 33.2. The molecule has 9 aromatic carbocycles. The van der Waals surface area contributed by atoms with Gasteiger partial charge in [-0.05, 0) is 140 Å². The lowest BCUT2D eigenvalue weighted by molar-refractivity contribution is -0.153. The molecule has 0 spiro atoms. The zero-order valence-corrected chi connectivity index (χ0v) is 77.5.